The fraction of sp³-hybridized carbons (Fsp3) is 0.600. The molecule has 2 nitrogen and oxygen atoms in total. The lowest BCUT2D eigenvalue weighted by Crippen LogP contribution is -2.44. The van der Waals surface area contributed by atoms with Crippen molar-refractivity contribution in [3.63, 3.8) is 0 Å². The maximum atomic E-state index is 11.1. The van der Waals surface area contributed by atoms with Gasteiger partial charge in [0.15, 0.2) is 0 Å². The first-order valence-corrected chi connectivity index (χ1v) is 8.96. The Morgan fingerprint density at radius 2 is 2.21 bits per heavy atom. The molecule has 0 aromatic heterocycles. The maximum absolute atomic E-state index is 11.1. The third-order valence-electron chi connectivity index (χ3n) is 3.82. The van der Waals surface area contributed by atoms with Crippen LogP contribution in [0, 0.1) is 0 Å². The standard InChI is InChI=1S/C15H22ClNOS/c1-11(6-7-19(2)18)17-15-9-13(10-15)12-4-3-5-14(16)8-12/h3-5,8,11,13,15,17H,6-7,9-10H2,1-2H3. The van der Waals surface area contributed by atoms with Crippen molar-refractivity contribution in [2.45, 2.75) is 44.2 Å². The SMILES string of the molecule is CC(CCS(C)=O)NC1CC(c2cccc(Cl)c2)C1. The summed E-state index contributed by atoms with van der Waals surface area (Å²) >= 11 is 6.02. The van der Waals surface area contributed by atoms with Crippen molar-refractivity contribution in [2.24, 2.45) is 0 Å². The molecule has 2 unspecified atom stereocenters. The van der Waals surface area contributed by atoms with Crippen molar-refractivity contribution in [3.8, 4) is 0 Å². The van der Waals surface area contributed by atoms with Crippen LogP contribution in [-0.2, 0) is 10.8 Å². The summed E-state index contributed by atoms with van der Waals surface area (Å²) in [7, 11) is -0.679. The fourth-order valence-electron chi connectivity index (χ4n) is 2.62. The predicted molar refractivity (Wildman–Crippen MR) is 83.4 cm³/mol. The molecule has 106 valence electrons. The molecule has 0 saturated heterocycles. The van der Waals surface area contributed by atoms with Gasteiger partial charge in [0, 0.05) is 39.9 Å². The van der Waals surface area contributed by atoms with Gasteiger partial charge >= 0.3 is 0 Å². The number of halogens is 1. The second-order valence-electron chi connectivity index (χ2n) is 5.55. The Bertz CT molecular complexity index is 446. The smallest absolute Gasteiger partial charge is 0.0408 e. The van der Waals surface area contributed by atoms with Crippen LogP contribution in [0.3, 0.4) is 0 Å². The van der Waals surface area contributed by atoms with Gasteiger partial charge in [-0.1, -0.05) is 23.7 Å². The van der Waals surface area contributed by atoms with Gasteiger partial charge in [0.05, 0.1) is 0 Å². The minimum atomic E-state index is -0.679. The molecule has 1 fully saturated rings. The van der Waals surface area contributed by atoms with Gasteiger partial charge in [-0.15, -0.1) is 0 Å². The average molecular weight is 300 g/mol. The molecular weight excluding hydrogens is 278 g/mol. The Morgan fingerprint density at radius 1 is 1.47 bits per heavy atom. The molecule has 0 spiro atoms. The largest absolute Gasteiger partial charge is 0.311 e. The van der Waals surface area contributed by atoms with Gasteiger partial charge in [-0.25, -0.2) is 0 Å². The molecule has 1 saturated carbocycles. The number of rotatable bonds is 6. The van der Waals surface area contributed by atoms with E-state index in [1.165, 1.54) is 18.4 Å². The quantitative estimate of drug-likeness (QED) is 0.873. The van der Waals surface area contributed by atoms with Crippen LogP contribution in [0.15, 0.2) is 24.3 Å². The van der Waals surface area contributed by atoms with Gasteiger partial charge in [-0.3, -0.25) is 4.21 Å². The monoisotopic (exact) mass is 299 g/mol. The molecule has 2 atom stereocenters. The third kappa shape index (κ3) is 4.59. The van der Waals surface area contributed by atoms with E-state index in [1.807, 2.05) is 12.1 Å². The molecule has 0 radical (unpaired) electrons. The minimum absolute atomic E-state index is 0.453. The molecule has 1 aromatic rings. The normalized spacial score (nSPS) is 25.6. The van der Waals surface area contributed by atoms with Crippen LogP contribution in [0.1, 0.15) is 37.7 Å². The molecule has 1 aliphatic rings. The second kappa shape index (κ2) is 6.87. The van der Waals surface area contributed by atoms with E-state index in [0.717, 1.165) is 17.2 Å². The maximum Gasteiger partial charge on any atom is 0.0408 e. The summed E-state index contributed by atoms with van der Waals surface area (Å²) in [6, 6.07) is 9.24. The van der Waals surface area contributed by atoms with Crippen LogP contribution >= 0.6 is 11.6 Å². The number of benzene rings is 1. The predicted octanol–water partition coefficient (Wildman–Crippen LogP) is 3.33. The molecule has 19 heavy (non-hydrogen) atoms. The highest BCUT2D eigenvalue weighted by Crippen LogP contribution is 2.37. The molecule has 0 heterocycles. The highest BCUT2D eigenvalue weighted by atomic mass is 35.5. The van der Waals surface area contributed by atoms with Gasteiger partial charge in [0.2, 0.25) is 0 Å². The van der Waals surface area contributed by atoms with Gasteiger partial charge in [0.1, 0.15) is 0 Å². The Morgan fingerprint density at radius 3 is 2.84 bits per heavy atom. The van der Waals surface area contributed by atoms with Crippen LogP contribution in [0.2, 0.25) is 5.02 Å². The van der Waals surface area contributed by atoms with Crippen LogP contribution in [0.5, 0.6) is 0 Å². The van der Waals surface area contributed by atoms with E-state index >= 15 is 0 Å². The number of hydrogen-bond acceptors (Lipinski definition) is 2. The van der Waals surface area contributed by atoms with Crippen molar-refractivity contribution in [2.75, 3.05) is 12.0 Å². The molecule has 4 heteroatoms. The van der Waals surface area contributed by atoms with E-state index in [9.17, 15) is 4.21 Å². The van der Waals surface area contributed by atoms with Crippen molar-refractivity contribution < 1.29 is 4.21 Å². The van der Waals surface area contributed by atoms with Gasteiger partial charge < -0.3 is 5.32 Å². The summed E-state index contributed by atoms with van der Waals surface area (Å²) in [4.78, 5) is 0. The molecule has 0 bridgehead atoms. The lowest BCUT2D eigenvalue weighted by atomic mass is 9.75. The minimum Gasteiger partial charge on any atom is -0.311 e. The van der Waals surface area contributed by atoms with Crippen LogP contribution in [-0.4, -0.2) is 28.3 Å². The molecule has 0 amide bonds. The van der Waals surface area contributed by atoms with Crippen LogP contribution in [0.4, 0.5) is 0 Å². The zero-order valence-corrected chi connectivity index (χ0v) is 13.1. The topological polar surface area (TPSA) is 29.1 Å². The summed E-state index contributed by atoms with van der Waals surface area (Å²) < 4.78 is 11.1. The first kappa shape index (κ1) is 15.0. The fourth-order valence-corrected chi connectivity index (χ4v) is 3.50. The van der Waals surface area contributed by atoms with E-state index in [4.69, 9.17) is 11.6 Å². The Kier molecular flexibility index (Phi) is 5.43. The van der Waals surface area contributed by atoms with E-state index < -0.39 is 10.8 Å². The molecule has 1 N–H and O–H groups in total. The summed E-state index contributed by atoms with van der Waals surface area (Å²) in [6.45, 7) is 2.18. The Hall–Kier alpha value is -0.380. The van der Waals surface area contributed by atoms with Gasteiger partial charge in [-0.2, -0.15) is 0 Å². The van der Waals surface area contributed by atoms with E-state index in [1.54, 1.807) is 6.26 Å². The van der Waals surface area contributed by atoms with E-state index in [-0.39, 0.29) is 0 Å². The van der Waals surface area contributed by atoms with Crippen LogP contribution in [0.25, 0.3) is 0 Å². The zero-order chi connectivity index (χ0) is 13.8. The van der Waals surface area contributed by atoms with Crippen LogP contribution < -0.4 is 5.32 Å². The lowest BCUT2D eigenvalue weighted by Gasteiger charge is -2.38. The molecule has 1 aromatic carbocycles. The average Bonchev–Trinajstić information content (AvgIpc) is 2.30. The third-order valence-corrected chi connectivity index (χ3v) is 4.86. The Labute approximate surface area is 123 Å². The summed E-state index contributed by atoms with van der Waals surface area (Å²) in [5.41, 5.74) is 1.35. The van der Waals surface area contributed by atoms with Crippen molar-refractivity contribution in [3.05, 3.63) is 34.9 Å². The molecule has 1 aliphatic carbocycles. The molecule has 0 aliphatic heterocycles. The highest BCUT2D eigenvalue weighted by Gasteiger charge is 2.30. The number of hydrogen-bond donors (Lipinski definition) is 1. The van der Waals surface area contributed by atoms with E-state index in [2.05, 4.69) is 24.4 Å². The summed E-state index contributed by atoms with van der Waals surface area (Å²) in [5.74, 6) is 1.43. The first-order valence-electron chi connectivity index (χ1n) is 6.86. The first-order chi connectivity index (χ1) is 9.04. The molecular formula is C15H22ClNOS. The van der Waals surface area contributed by atoms with Crippen molar-refractivity contribution in [1.29, 1.82) is 0 Å². The zero-order valence-electron chi connectivity index (χ0n) is 11.6. The van der Waals surface area contributed by atoms with Crippen molar-refractivity contribution in [1.82, 2.24) is 5.32 Å². The van der Waals surface area contributed by atoms with Crippen molar-refractivity contribution >= 4 is 22.4 Å². The highest BCUT2D eigenvalue weighted by molar-refractivity contribution is 7.84. The number of nitrogens with one attached hydrogen (secondary N) is 1. The van der Waals surface area contributed by atoms with Gasteiger partial charge in [-0.05, 0) is 49.8 Å². The van der Waals surface area contributed by atoms with Gasteiger partial charge in [0.25, 0.3) is 0 Å². The Balaban J connectivity index is 1.73. The summed E-state index contributed by atoms with van der Waals surface area (Å²) in [6.07, 6.45) is 5.12. The van der Waals surface area contributed by atoms with E-state index in [0.29, 0.717) is 18.0 Å². The summed E-state index contributed by atoms with van der Waals surface area (Å²) in [5, 5.41) is 4.45. The molecule has 2 rings (SSSR count). The lowest BCUT2D eigenvalue weighted by molar-refractivity contribution is 0.268. The second-order valence-corrected chi connectivity index (χ2v) is 7.55.